The van der Waals surface area contributed by atoms with Crippen LogP contribution in [-0.2, 0) is 6.61 Å². The van der Waals surface area contributed by atoms with Gasteiger partial charge in [0, 0.05) is 15.6 Å². The highest BCUT2D eigenvalue weighted by atomic mass is 79.9. The van der Waals surface area contributed by atoms with Gasteiger partial charge in [0.1, 0.15) is 6.61 Å². The van der Waals surface area contributed by atoms with Gasteiger partial charge in [0.15, 0.2) is 5.75 Å². The quantitative estimate of drug-likeness (QED) is 0.705. The highest BCUT2D eigenvalue weighted by molar-refractivity contribution is 9.10. The lowest BCUT2D eigenvalue weighted by atomic mass is 10.2. The third-order valence-electron chi connectivity index (χ3n) is 2.63. The fourth-order valence-electron chi connectivity index (χ4n) is 1.61. The number of carboxylic acid groups (broad SMARTS) is 1. The second kappa shape index (κ2) is 6.88. The van der Waals surface area contributed by atoms with Crippen molar-refractivity contribution < 1.29 is 14.6 Å². The van der Waals surface area contributed by atoms with Gasteiger partial charge in [-0.3, -0.25) is 0 Å². The van der Waals surface area contributed by atoms with Crippen LogP contribution in [0.4, 0.5) is 0 Å². The molecule has 21 heavy (non-hydrogen) atoms. The summed E-state index contributed by atoms with van der Waals surface area (Å²) >= 11 is 21.2. The Hall–Kier alpha value is -0.940. The van der Waals surface area contributed by atoms with Crippen molar-refractivity contribution in [2.24, 2.45) is 0 Å². The van der Waals surface area contributed by atoms with Crippen molar-refractivity contribution in [3.05, 3.63) is 61.0 Å². The first-order chi connectivity index (χ1) is 9.88. The highest BCUT2D eigenvalue weighted by Crippen LogP contribution is 2.35. The molecule has 0 bridgehead atoms. The molecule has 0 aliphatic rings. The summed E-state index contributed by atoms with van der Waals surface area (Å²) in [7, 11) is 0. The predicted molar refractivity (Wildman–Crippen MR) is 86.9 cm³/mol. The van der Waals surface area contributed by atoms with Crippen LogP contribution in [-0.4, -0.2) is 11.1 Å². The average Bonchev–Trinajstić information content (AvgIpc) is 2.39. The Bertz CT molecular complexity index is 681. The summed E-state index contributed by atoms with van der Waals surface area (Å²) in [5, 5.41) is 10.2. The van der Waals surface area contributed by atoms with E-state index in [4.69, 9.17) is 44.6 Å². The zero-order valence-electron chi connectivity index (χ0n) is 10.4. The van der Waals surface area contributed by atoms with Gasteiger partial charge >= 0.3 is 5.97 Å². The molecule has 2 rings (SSSR count). The van der Waals surface area contributed by atoms with E-state index < -0.39 is 5.97 Å². The van der Waals surface area contributed by atoms with E-state index >= 15 is 0 Å². The van der Waals surface area contributed by atoms with Crippen LogP contribution >= 0.6 is 50.7 Å². The first kappa shape index (κ1) is 16.4. The van der Waals surface area contributed by atoms with Gasteiger partial charge in [-0.1, -0.05) is 40.9 Å². The van der Waals surface area contributed by atoms with Crippen LogP contribution in [0.5, 0.6) is 5.75 Å². The van der Waals surface area contributed by atoms with Crippen molar-refractivity contribution in [3.63, 3.8) is 0 Å². The van der Waals surface area contributed by atoms with E-state index in [2.05, 4.69) is 15.9 Å². The van der Waals surface area contributed by atoms with Crippen molar-refractivity contribution >= 4 is 56.7 Å². The Labute approximate surface area is 144 Å². The molecule has 0 aromatic heterocycles. The first-order valence-electron chi connectivity index (χ1n) is 5.67. The Morgan fingerprint density at radius 1 is 1.14 bits per heavy atom. The summed E-state index contributed by atoms with van der Waals surface area (Å²) in [4.78, 5) is 10.9. The standard InChI is InChI=1S/C14H8BrCl3O3/c15-10-3-8(14(19)20)4-12(18)13(10)21-6-7-1-2-9(16)5-11(7)17/h1-5H,6H2,(H,19,20). The molecule has 1 N–H and O–H groups in total. The third kappa shape index (κ3) is 4.04. The second-order valence-electron chi connectivity index (χ2n) is 4.10. The molecule has 2 aromatic carbocycles. The van der Waals surface area contributed by atoms with Crippen molar-refractivity contribution in [1.82, 2.24) is 0 Å². The lowest BCUT2D eigenvalue weighted by Gasteiger charge is -2.12. The molecule has 0 atom stereocenters. The molecule has 3 nitrogen and oxygen atoms in total. The number of benzene rings is 2. The van der Waals surface area contributed by atoms with Crippen molar-refractivity contribution in [3.8, 4) is 5.75 Å². The number of rotatable bonds is 4. The maximum Gasteiger partial charge on any atom is 0.335 e. The van der Waals surface area contributed by atoms with Gasteiger partial charge in [-0.15, -0.1) is 0 Å². The minimum absolute atomic E-state index is 0.0729. The lowest BCUT2D eigenvalue weighted by molar-refractivity contribution is 0.0696. The van der Waals surface area contributed by atoms with E-state index in [-0.39, 0.29) is 17.2 Å². The van der Waals surface area contributed by atoms with E-state index in [0.29, 0.717) is 20.3 Å². The normalized spacial score (nSPS) is 10.5. The molecule has 2 aromatic rings. The van der Waals surface area contributed by atoms with E-state index in [1.54, 1.807) is 18.2 Å². The number of hydrogen-bond donors (Lipinski definition) is 1. The average molecular weight is 410 g/mol. The molecule has 0 heterocycles. The van der Waals surface area contributed by atoms with Gasteiger partial charge in [0.25, 0.3) is 0 Å². The maximum atomic E-state index is 10.9. The Kier molecular flexibility index (Phi) is 5.38. The van der Waals surface area contributed by atoms with Crippen molar-refractivity contribution in [1.29, 1.82) is 0 Å². The molecule has 0 aliphatic carbocycles. The SMILES string of the molecule is O=C(O)c1cc(Cl)c(OCc2ccc(Cl)cc2Cl)c(Br)c1. The van der Waals surface area contributed by atoms with Crippen LogP contribution in [0.2, 0.25) is 15.1 Å². The molecule has 0 amide bonds. The monoisotopic (exact) mass is 408 g/mol. The van der Waals surface area contributed by atoms with Crippen LogP contribution in [0.15, 0.2) is 34.8 Å². The molecule has 0 unspecified atom stereocenters. The van der Waals surface area contributed by atoms with Crippen LogP contribution in [0.25, 0.3) is 0 Å². The molecular formula is C14H8BrCl3O3. The van der Waals surface area contributed by atoms with Gasteiger partial charge in [-0.05, 0) is 40.2 Å². The Morgan fingerprint density at radius 3 is 2.43 bits per heavy atom. The summed E-state index contributed by atoms with van der Waals surface area (Å²) in [5.41, 5.74) is 0.815. The van der Waals surface area contributed by atoms with Gasteiger partial charge in [-0.25, -0.2) is 4.79 Å². The van der Waals surface area contributed by atoms with Crippen LogP contribution < -0.4 is 4.74 Å². The lowest BCUT2D eigenvalue weighted by Crippen LogP contribution is -2.01. The fraction of sp³-hybridized carbons (Fsp3) is 0.0714. The second-order valence-corrected chi connectivity index (χ2v) is 6.20. The number of ether oxygens (including phenoxy) is 1. The number of aromatic carboxylic acids is 1. The van der Waals surface area contributed by atoms with E-state index in [1.807, 2.05) is 0 Å². The van der Waals surface area contributed by atoms with Gasteiger partial charge in [-0.2, -0.15) is 0 Å². The Balaban J connectivity index is 2.22. The summed E-state index contributed by atoms with van der Waals surface area (Å²) in [6, 6.07) is 7.82. The highest BCUT2D eigenvalue weighted by Gasteiger charge is 2.13. The molecule has 0 spiro atoms. The van der Waals surface area contributed by atoms with Crippen molar-refractivity contribution in [2.75, 3.05) is 0 Å². The molecule has 0 radical (unpaired) electrons. The van der Waals surface area contributed by atoms with Crippen molar-refractivity contribution in [2.45, 2.75) is 6.61 Å². The topological polar surface area (TPSA) is 46.5 Å². The minimum Gasteiger partial charge on any atom is -0.486 e. The largest absolute Gasteiger partial charge is 0.486 e. The molecule has 7 heteroatoms. The predicted octanol–water partition coefficient (Wildman–Crippen LogP) is 5.69. The molecule has 0 saturated heterocycles. The molecule has 0 fully saturated rings. The third-order valence-corrected chi connectivity index (χ3v) is 4.09. The number of carboxylic acids is 1. The zero-order chi connectivity index (χ0) is 15.6. The van der Waals surface area contributed by atoms with Crippen LogP contribution in [0.1, 0.15) is 15.9 Å². The van der Waals surface area contributed by atoms with E-state index in [1.165, 1.54) is 12.1 Å². The van der Waals surface area contributed by atoms with Crippen LogP contribution in [0.3, 0.4) is 0 Å². The number of halogens is 4. The summed E-state index contributed by atoms with van der Waals surface area (Å²) < 4.78 is 6.07. The van der Waals surface area contributed by atoms with Crippen LogP contribution in [0, 0.1) is 0 Å². The number of hydrogen-bond acceptors (Lipinski definition) is 2. The first-order valence-corrected chi connectivity index (χ1v) is 7.60. The zero-order valence-corrected chi connectivity index (χ0v) is 14.2. The summed E-state index contributed by atoms with van der Waals surface area (Å²) in [5.74, 6) is -0.711. The van der Waals surface area contributed by atoms with E-state index in [9.17, 15) is 4.79 Å². The maximum absolute atomic E-state index is 10.9. The molecular weight excluding hydrogens is 402 g/mol. The minimum atomic E-state index is -1.06. The summed E-state index contributed by atoms with van der Waals surface area (Å²) in [6.07, 6.45) is 0. The van der Waals surface area contributed by atoms with Gasteiger partial charge in [0.2, 0.25) is 0 Å². The van der Waals surface area contributed by atoms with Gasteiger partial charge < -0.3 is 9.84 Å². The Morgan fingerprint density at radius 2 is 1.86 bits per heavy atom. The smallest absolute Gasteiger partial charge is 0.335 e. The summed E-state index contributed by atoms with van der Waals surface area (Å²) in [6.45, 7) is 0.181. The molecule has 0 saturated carbocycles. The number of carbonyl (C=O) groups is 1. The van der Waals surface area contributed by atoms with E-state index in [0.717, 1.165) is 5.56 Å². The fourth-order valence-corrected chi connectivity index (χ4v) is 3.04. The molecule has 110 valence electrons. The van der Waals surface area contributed by atoms with Gasteiger partial charge in [0.05, 0.1) is 15.1 Å². The molecule has 0 aliphatic heterocycles.